The Balaban J connectivity index is 2.35. The van der Waals surface area contributed by atoms with E-state index < -0.39 is 10.0 Å². The van der Waals surface area contributed by atoms with Crippen molar-refractivity contribution in [2.75, 3.05) is 10.5 Å². The molecule has 0 amide bonds. The van der Waals surface area contributed by atoms with E-state index in [4.69, 9.17) is 5.73 Å². The lowest BCUT2D eigenvalue weighted by Crippen LogP contribution is -2.13. The number of nitrogens with two attached hydrogens (primary N) is 1. The van der Waals surface area contributed by atoms with Crippen LogP contribution in [0.5, 0.6) is 0 Å². The molecule has 7 heteroatoms. The van der Waals surface area contributed by atoms with E-state index in [9.17, 15) is 8.42 Å². The largest absolute Gasteiger partial charge is 0.398 e. The van der Waals surface area contributed by atoms with Gasteiger partial charge in [-0.15, -0.1) is 0 Å². The molecule has 1 aromatic heterocycles. The zero-order chi connectivity index (χ0) is 14.0. The number of anilines is 2. The maximum absolute atomic E-state index is 12.2. The molecule has 0 atom stereocenters. The van der Waals surface area contributed by atoms with Gasteiger partial charge in [0.25, 0.3) is 10.0 Å². The first-order valence-corrected chi connectivity index (χ1v) is 7.66. The van der Waals surface area contributed by atoms with Crippen molar-refractivity contribution in [3.63, 3.8) is 0 Å². The fourth-order valence-electron chi connectivity index (χ4n) is 1.51. The van der Waals surface area contributed by atoms with E-state index in [-0.39, 0.29) is 4.90 Å². The normalized spacial score (nSPS) is 11.3. The van der Waals surface area contributed by atoms with Gasteiger partial charge in [-0.3, -0.25) is 9.71 Å². The molecule has 0 spiro atoms. The van der Waals surface area contributed by atoms with Crippen molar-refractivity contribution < 1.29 is 8.42 Å². The minimum atomic E-state index is -3.65. The van der Waals surface area contributed by atoms with Crippen LogP contribution in [0.15, 0.2) is 45.9 Å². The summed E-state index contributed by atoms with van der Waals surface area (Å²) < 4.78 is 27.5. The van der Waals surface area contributed by atoms with Gasteiger partial charge in [-0.05, 0) is 53.2 Å². The molecule has 0 radical (unpaired) electrons. The Morgan fingerprint density at radius 2 is 2.00 bits per heavy atom. The summed E-state index contributed by atoms with van der Waals surface area (Å²) >= 11 is 3.22. The van der Waals surface area contributed by atoms with Crippen LogP contribution in [-0.2, 0) is 10.0 Å². The van der Waals surface area contributed by atoms with E-state index in [1.807, 2.05) is 0 Å². The minimum Gasteiger partial charge on any atom is -0.398 e. The standard InChI is InChI=1S/C12H12BrN3O2S/c1-8-6-9(4-5-15-8)16-19(17,18)10-2-3-11(13)12(14)7-10/h2-7H,14H2,1H3,(H,15,16). The Labute approximate surface area is 120 Å². The molecular formula is C12H12BrN3O2S. The van der Waals surface area contributed by atoms with Gasteiger partial charge in [0.1, 0.15) is 0 Å². The molecule has 19 heavy (non-hydrogen) atoms. The number of nitrogen functional groups attached to an aromatic ring is 1. The van der Waals surface area contributed by atoms with Crippen LogP contribution in [-0.4, -0.2) is 13.4 Å². The van der Waals surface area contributed by atoms with Crippen LogP contribution in [0.3, 0.4) is 0 Å². The molecule has 0 aliphatic rings. The first-order chi connectivity index (χ1) is 8.88. The third-order valence-corrected chi connectivity index (χ3v) is 4.53. The number of nitrogens with one attached hydrogen (secondary N) is 1. The van der Waals surface area contributed by atoms with Crippen LogP contribution in [0.4, 0.5) is 11.4 Å². The lowest BCUT2D eigenvalue weighted by molar-refractivity contribution is 0.601. The van der Waals surface area contributed by atoms with E-state index in [1.165, 1.54) is 12.1 Å². The SMILES string of the molecule is Cc1cc(NS(=O)(=O)c2ccc(Br)c(N)c2)ccn1. The number of nitrogens with zero attached hydrogens (tertiary/aromatic N) is 1. The summed E-state index contributed by atoms with van der Waals surface area (Å²) in [4.78, 5) is 4.12. The molecule has 0 unspecified atom stereocenters. The summed E-state index contributed by atoms with van der Waals surface area (Å²) in [5, 5.41) is 0. The number of aryl methyl sites for hydroxylation is 1. The Morgan fingerprint density at radius 3 is 2.63 bits per heavy atom. The molecule has 100 valence electrons. The van der Waals surface area contributed by atoms with E-state index in [1.54, 1.807) is 31.3 Å². The molecule has 5 nitrogen and oxygen atoms in total. The fourth-order valence-corrected chi connectivity index (χ4v) is 2.84. The zero-order valence-electron chi connectivity index (χ0n) is 10.1. The van der Waals surface area contributed by atoms with Crippen LogP contribution >= 0.6 is 15.9 Å². The lowest BCUT2D eigenvalue weighted by atomic mass is 10.3. The second-order valence-corrected chi connectivity index (χ2v) is 6.51. The van der Waals surface area contributed by atoms with Crippen molar-refractivity contribution >= 4 is 37.3 Å². The molecule has 1 heterocycles. The van der Waals surface area contributed by atoms with Gasteiger partial charge in [-0.1, -0.05) is 0 Å². The third kappa shape index (κ3) is 3.24. The molecule has 0 bridgehead atoms. The Morgan fingerprint density at radius 1 is 1.26 bits per heavy atom. The van der Waals surface area contributed by atoms with Crippen LogP contribution < -0.4 is 10.5 Å². The number of halogens is 1. The first kappa shape index (κ1) is 13.8. The molecule has 0 aliphatic carbocycles. The van der Waals surface area contributed by atoms with Gasteiger partial charge in [-0.2, -0.15) is 0 Å². The Hall–Kier alpha value is -1.60. The van der Waals surface area contributed by atoms with Crippen molar-refractivity contribution in [1.82, 2.24) is 4.98 Å². The minimum absolute atomic E-state index is 0.114. The molecule has 2 rings (SSSR count). The average Bonchev–Trinajstić information content (AvgIpc) is 2.32. The molecule has 0 saturated carbocycles. The molecular weight excluding hydrogens is 330 g/mol. The fraction of sp³-hybridized carbons (Fsp3) is 0.0833. The summed E-state index contributed by atoms with van der Waals surface area (Å²) in [7, 11) is -3.65. The Bertz CT molecular complexity index is 717. The molecule has 3 N–H and O–H groups in total. The van der Waals surface area contributed by atoms with Crippen molar-refractivity contribution in [2.45, 2.75) is 11.8 Å². The average molecular weight is 342 g/mol. The highest BCUT2D eigenvalue weighted by molar-refractivity contribution is 9.10. The van der Waals surface area contributed by atoms with E-state index in [2.05, 4.69) is 25.6 Å². The number of pyridine rings is 1. The third-order valence-electron chi connectivity index (χ3n) is 2.43. The summed E-state index contributed by atoms with van der Waals surface area (Å²) in [6, 6.07) is 7.73. The summed E-state index contributed by atoms with van der Waals surface area (Å²) in [5.41, 5.74) is 7.25. The van der Waals surface area contributed by atoms with Gasteiger partial charge in [0.05, 0.1) is 10.6 Å². The number of aromatic nitrogens is 1. The lowest BCUT2D eigenvalue weighted by Gasteiger charge is -2.09. The highest BCUT2D eigenvalue weighted by Gasteiger charge is 2.15. The predicted molar refractivity (Wildman–Crippen MR) is 78.3 cm³/mol. The van der Waals surface area contributed by atoms with Gasteiger partial charge >= 0.3 is 0 Å². The van der Waals surface area contributed by atoms with Gasteiger partial charge in [-0.25, -0.2) is 8.42 Å². The summed E-state index contributed by atoms with van der Waals surface area (Å²) in [6.07, 6.45) is 1.54. The van der Waals surface area contributed by atoms with Crippen LogP contribution in [0.2, 0.25) is 0 Å². The maximum Gasteiger partial charge on any atom is 0.261 e. The predicted octanol–water partition coefficient (Wildman–Crippen LogP) is 2.54. The van der Waals surface area contributed by atoms with Crippen molar-refractivity contribution in [1.29, 1.82) is 0 Å². The molecule has 1 aromatic carbocycles. The van der Waals surface area contributed by atoms with Crippen LogP contribution in [0, 0.1) is 6.92 Å². The number of sulfonamides is 1. The summed E-state index contributed by atoms with van der Waals surface area (Å²) in [5.74, 6) is 0. The smallest absolute Gasteiger partial charge is 0.261 e. The number of hydrogen-bond acceptors (Lipinski definition) is 4. The first-order valence-electron chi connectivity index (χ1n) is 5.39. The van der Waals surface area contributed by atoms with Gasteiger partial charge in [0.2, 0.25) is 0 Å². The number of rotatable bonds is 3. The van der Waals surface area contributed by atoms with Gasteiger partial charge < -0.3 is 5.73 Å². The van der Waals surface area contributed by atoms with Crippen molar-refractivity contribution in [3.8, 4) is 0 Å². The highest BCUT2D eigenvalue weighted by atomic mass is 79.9. The topological polar surface area (TPSA) is 85.1 Å². The van der Waals surface area contributed by atoms with E-state index >= 15 is 0 Å². The summed E-state index contributed by atoms with van der Waals surface area (Å²) in [6.45, 7) is 1.79. The quantitative estimate of drug-likeness (QED) is 0.840. The molecule has 0 aliphatic heterocycles. The maximum atomic E-state index is 12.2. The monoisotopic (exact) mass is 341 g/mol. The molecule has 0 saturated heterocycles. The van der Waals surface area contributed by atoms with Crippen molar-refractivity contribution in [2.24, 2.45) is 0 Å². The number of benzene rings is 1. The van der Waals surface area contributed by atoms with E-state index in [0.717, 1.165) is 5.69 Å². The second kappa shape index (κ2) is 5.18. The highest BCUT2D eigenvalue weighted by Crippen LogP contribution is 2.24. The van der Waals surface area contributed by atoms with Crippen LogP contribution in [0.25, 0.3) is 0 Å². The number of hydrogen-bond donors (Lipinski definition) is 2. The van der Waals surface area contributed by atoms with Gasteiger partial charge in [0.15, 0.2) is 0 Å². The van der Waals surface area contributed by atoms with Gasteiger partial charge in [0, 0.05) is 22.1 Å². The van der Waals surface area contributed by atoms with Crippen LogP contribution in [0.1, 0.15) is 5.69 Å². The molecule has 0 fully saturated rings. The second-order valence-electron chi connectivity index (χ2n) is 3.97. The van der Waals surface area contributed by atoms with Crippen molar-refractivity contribution in [3.05, 3.63) is 46.7 Å². The van der Waals surface area contributed by atoms with E-state index in [0.29, 0.717) is 15.8 Å². The Kier molecular flexibility index (Phi) is 3.77. The zero-order valence-corrected chi connectivity index (χ0v) is 12.5. The molecule has 2 aromatic rings.